The lowest BCUT2D eigenvalue weighted by atomic mass is 10.0. The summed E-state index contributed by atoms with van der Waals surface area (Å²) in [5, 5.41) is 0. The van der Waals surface area contributed by atoms with Crippen LogP contribution in [0.5, 0.6) is 0 Å². The second-order valence-corrected chi connectivity index (χ2v) is 19.2. The van der Waals surface area contributed by atoms with Gasteiger partial charge in [0.1, 0.15) is 13.2 Å². The van der Waals surface area contributed by atoms with Gasteiger partial charge in [0.25, 0.3) is 0 Å². The lowest BCUT2D eigenvalue weighted by molar-refractivity contribution is -0.166. The standard InChI is InChI=1S/C64H108O6/c1-4-7-10-13-16-19-22-25-28-31-32-34-36-39-42-45-48-51-54-57-63(66)69-60-61(59-68-62(65)56-53-50-47-44-41-38-35-30-27-24-21-18-15-12-9-6-3)70-64(67)58-55-52-49-46-43-40-37-33-29-26-23-20-17-14-11-8-5-2/h7,10,16-17,19-20,25-26,28-29,32,34,39,42,48,51,61H,4-6,8-9,11-15,18,21-24,27,30-31,33,35-38,40-41,43-47,49-50,52-60H2,1-3H3/b10-7-,19-16-,20-17-,28-25-,29-26-,34-32-,42-39-,51-48-. The summed E-state index contributed by atoms with van der Waals surface area (Å²) in [5.74, 6) is -0.992. The molecular weight excluding hydrogens is 865 g/mol. The van der Waals surface area contributed by atoms with Gasteiger partial charge in [0.2, 0.25) is 0 Å². The van der Waals surface area contributed by atoms with Crippen molar-refractivity contribution in [3.05, 3.63) is 97.2 Å². The Morgan fingerprint density at radius 2 is 0.586 bits per heavy atom. The fraction of sp³-hybridized carbons (Fsp3) is 0.703. The van der Waals surface area contributed by atoms with Crippen LogP contribution >= 0.6 is 0 Å². The van der Waals surface area contributed by atoms with Crippen molar-refractivity contribution < 1.29 is 28.6 Å². The number of ether oxygens (including phenoxy) is 3. The van der Waals surface area contributed by atoms with E-state index in [1.807, 2.05) is 6.08 Å². The minimum atomic E-state index is -0.812. The zero-order valence-corrected chi connectivity index (χ0v) is 45.8. The molecule has 1 atom stereocenters. The van der Waals surface area contributed by atoms with Crippen LogP contribution in [0.4, 0.5) is 0 Å². The molecule has 1 unspecified atom stereocenters. The fourth-order valence-electron chi connectivity index (χ4n) is 7.97. The molecule has 70 heavy (non-hydrogen) atoms. The van der Waals surface area contributed by atoms with Gasteiger partial charge in [-0.3, -0.25) is 14.4 Å². The summed E-state index contributed by atoms with van der Waals surface area (Å²) in [5.41, 5.74) is 0. The molecule has 0 aliphatic heterocycles. The van der Waals surface area contributed by atoms with E-state index in [0.29, 0.717) is 19.3 Å². The Morgan fingerprint density at radius 1 is 0.300 bits per heavy atom. The molecule has 0 amide bonds. The molecule has 0 aromatic heterocycles. The largest absolute Gasteiger partial charge is 0.462 e. The molecule has 0 aliphatic carbocycles. The van der Waals surface area contributed by atoms with Crippen molar-refractivity contribution in [1.82, 2.24) is 0 Å². The topological polar surface area (TPSA) is 78.9 Å². The van der Waals surface area contributed by atoms with Crippen LogP contribution in [0.3, 0.4) is 0 Å². The molecule has 0 spiro atoms. The molecule has 0 fully saturated rings. The smallest absolute Gasteiger partial charge is 0.306 e. The number of hydrogen-bond acceptors (Lipinski definition) is 6. The monoisotopic (exact) mass is 973 g/mol. The minimum Gasteiger partial charge on any atom is -0.462 e. The van der Waals surface area contributed by atoms with Crippen molar-refractivity contribution in [3.63, 3.8) is 0 Å². The Kier molecular flexibility index (Phi) is 54.9. The van der Waals surface area contributed by atoms with Crippen molar-refractivity contribution in [2.24, 2.45) is 0 Å². The summed E-state index contributed by atoms with van der Waals surface area (Å²) >= 11 is 0. The van der Waals surface area contributed by atoms with Gasteiger partial charge in [-0.15, -0.1) is 0 Å². The van der Waals surface area contributed by atoms with Crippen LogP contribution in [0, 0.1) is 0 Å². The molecule has 0 bridgehead atoms. The predicted molar refractivity (Wildman–Crippen MR) is 302 cm³/mol. The molecule has 0 saturated heterocycles. The summed E-state index contributed by atoms with van der Waals surface area (Å²) in [6, 6.07) is 0. The first-order chi connectivity index (χ1) is 34.5. The van der Waals surface area contributed by atoms with Crippen molar-refractivity contribution in [3.8, 4) is 0 Å². The summed E-state index contributed by atoms with van der Waals surface area (Å²) < 4.78 is 16.8. The summed E-state index contributed by atoms with van der Waals surface area (Å²) in [6.45, 7) is 6.45. The molecule has 6 heteroatoms. The summed E-state index contributed by atoms with van der Waals surface area (Å²) in [6.07, 6.45) is 76.9. The van der Waals surface area contributed by atoms with Crippen molar-refractivity contribution >= 4 is 17.9 Å². The Hall–Kier alpha value is -3.67. The van der Waals surface area contributed by atoms with Gasteiger partial charge in [0.15, 0.2) is 6.10 Å². The van der Waals surface area contributed by atoms with Crippen LogP contribution in [0.2, 0.25) is 0 Å². The lowest BCUT2D eigenvalue weighted by Crippen LogP contribution is -2.30. The lowest BCUT2D eigenvalue weighted by Gasteiger charge is -2.18. The van der Waals surface area contributed by atoms with Gasteiger partial charge in [-0.05, 0) is 89.9 Å². The SMILES string of the molecule is CC/C=C\C/C=C\C/C=C\C/C=C\C/C=C\C/C=C\CCC(=O)OCC(COC(=O)CCCCCCCCCCCCCCCCCC)OC(=O)CCCCCCCCC/C=C\C/C=C\CCCCC. The third kappa shape index (κ3) is 55.3. The van der Waals surface area contributed by atoms with E-state index in [0.717, 1.165) is 89.9 Å². The highest BCUT2D eigenvalue weighted by Crippen LogP contribution is 2.16. The first-order valence-electron chi connectivity index (χ1n) is 29.2. The average Bonchev–Trinajstić information content (AvgIpc) is 3.36. The predicted octanol–water partition coefficient (Wildman–Crippen LogP) is 19.7. The van der Waals surface area contributed by atoms with E-state index >= 15 is 0 Å². The van der Waals surface area contributed by atoms with Crippen molar-refractivity contribution in [2.75, 3.05) is 13.2 Å². The van der Waals surface area contributed by atoms with Gasteiger partial charge in [-0.2, -0.15) is 0 Å². The Morgan fingerprint density at radius 3 is 0.986 bits per heavy atom. The van der Waals surface area contributed by atoms with Gasteiger partial charge in [0, 0.05) is 19.3 Å². The molecular formula is C64H108O6. The second-order valence-electron chi connectivity index (χ2n) is 19.2. The zero-order valence-electron chi connectivity index (χ0n) is 45.8. The highest BCUT2D eigenvalue weighted by atomic mass is 16.6. The maximum atomic E-state index is 12.9. The van der Waals surface area contributed by atoms with E-state index in [1.54, 1.807) is 0 Å². The number of esters is 3. The van der Waals surface area contributed by atoms with Crippen LogP contribution in [0.25, 0.3) is 0 Å². The van der Waals surface area contributed by atoms with Crippen molar-refractivity contribution in [1.29, 1.82) is 0 Å². The Bertz CT molecular complexity index is 1400. The number of hydrogen-bond donors (Lipinski definition) is 0. The van der Waals surface area contributed by atoms with E-state index in [1.165, 1.54) is 135 Å². The minimum absolute atomic E-state index is 0.102. The molecule has 6 nitrogen and oxygen atoms in total. The van der Waals surface area contributed by atoms with Crippen LogP contribution in [-0.4, -0.2) is 37.2 Å². The van der Waals surface area contributed by atoms with Crippen LogP contribution in [0.15, 0.2) is 97.2 Å². The molecule has 0 rings (SSSR count). The third-order valence-electron chi connectivity index (χ3n) is 12.3. The molecule has 0 aromatic carbocycles. The summed E-state index contributed by atoms with van der Waals surface area (Å²) in [7, 11) is 0. The highest BCUT2D eigenvalue weighted by molar-refractivity contribution is 5.71. The first-order valence-corrected chi connectivity index (χ1v) is 29.2. The van der Waals surface area contributed by atoms with E-state index in [2.05, 4.69) is 112 Å². The van der Waals surface area contributed by atoms with Crippen LogP contribution in [0.1, 0.15) is 271 Å². The first kappa shape index (κ1) is 66.3. The Balaban J connectivity index is 4.50. The third-order valence-corrected chi connectivity index (χ3v) is 12.3. The number of rotatable bonds is 52. The van der Waals surface area contributed by atoms with Crippen LogP contribution < -0.4 is 0 Å². The summed E-state index contributed by atoms with van der Waals surface area (Å²) in [4.78, 5) is 38.2. The van der Waals surface area contributed by atoms with Gasteiger partial charge < -0.3 is 14.2 Å². The van der Waals surface area contributed by atoms with Gasteiger partial charge in [-0.25, -0.2) is 0 Å². The molecule has 0 saturated carbocycles. The number of allylic oxidation sites excluding steroid dienone is 16. The quantitative estimate of drug-likeness (QED) is 0.0262. The zero-order chi connectivity index (χ0) is 50.7. The van der Waals surface area contributed by atoms with Crippen LogP contribution in [-0.2, 0) is 28.6 Å². The van der Waals surface area contributed by atoms with Gasteiger partial charge >= 0.3 is 17.9 Å². The molecule has 400 valence electrons. The Labute approximate surface area is 432 Å². The molecule has 0 heterocycles. The molecule has 0 N–H and O–H groups in total. The maximum Gasteiger partial charge on any atom is 0.306 e. The van der Waals surface area contributed by atoms with E-state index < -0.39 is 6.10 Å². The molecule has 0 aliphatic rings. The van der Waals surface area contributed by atoms with E-state index in [9.17, 15) is 14.4 Å². The average molecular weight is 974 g/mol. The number of unbranched alkanes of at least 4 members (excludes halogenated alkanes) is 25. The number of carbonyl (C=O) groups is 3. The van der Waals surface area contributed by atoms with Gasteiger partial charge in [0.05, 0.1) is 0 Å². The number of carbonyl (C=O) groups excluding carboxylic acids is 3. The highest BCUT2D eigenvalue weighted by Gasteiger charge is 2.19. The van der Waals surface area contributed by atoms with Crippen molar-refractivity contribution in [2.45, 2.75) is 277 Å². The van der Waals surface area contributed by atoms with E-state index in [4.69, 9.17) is 14.2 Å². The van der Waals surface area contributed by atoms with Gasteiger partial charge in [-0.1, -0.05) is 259 Å². The molecule has 0 radical (unpaired) electrons. The normalized spacial score (nSPS) is 12.8. The van der Waals surface area contributed by atoms with E-state index in [-0.39, 0.29) is 37.5 Å². The molecule has 0 aromatic rings. The fourth-order valence-corrected chi connectivity index (χ4v) is 7.97. The maximum absolute atomic E-state index is 12.9. The second kappa shape index (κ2) is 57.9.